The van der Waals surface area contributed by atoms with Crippen molar-refractivity contribution in [3.8, 4) is 0 Å². The van der Waals surface area contributed by atoms with E-state index in [0.717, 1.165) is 41.8 Å². The van der Waals surface area contributed by atoms with Crippen molar-refractivity contribution in [3.05, 3.63) is 41.2 Å². The summed E-state index contributed by atoms with van der Waals surface area (Å²) in [5.74, 6) is -0.559. The van der Waals surface area contributed by atoms with Crippen molar-refractivity contribution < 1.29 is 19.5 Å². The minimum absolute atomic E-state index is 0.0676. The fraction of sp³-hybridized carbons (Fsp3) is 0.607. The van der Waals surface area contributed by atoms with Gasteiger partial charge in [0.15, 0.2) is 0 Å². The maximum Gasteiger partial charge on any atom is 0.248 e. The highest BCUT2D eigenvalue weighted by atomic mass is 16.3. The zero-order valence-electron chi connectivity index (χ0n) is 22.6. The summed E-state index contributed by atoms with van der Waals surface area (Å²) in [5, 5.41) is 24.8. The van der Waals surface area contributed by atoms with Crippen LogP contribution in [0.15, 0.2) is 24.4 Å². The minimum Gasteiger partial charge on any atom is -0.391 e. The summed E-state index contributed by atoms with van der Waals surface area (Å²) in [5.41, 5.74) is 3.36. The fourth-order valence-corrected chi connectivity index (χ4v) is 5.67. The summed E-state index contributed by atoms with van der Waals surface area (Å²) >= 11 is 0. The van der Waals surface area contributed by atoms with E-state index in [4.69, 9.17) is 0 Å². The molecule has 2 aliphatic heterocycles. The Morgan fingerprint density at radius 2 is 2.03 bits per heavy atom. The number of likely N-dealkylation sites (tertiary alicyclic amines) is 1. The number of nitrogens with one attached hydrogen (secondary N) is 2. The van der Waals surface area contributed by atoms with Crippen LogP contribution in [0.4, 0.5) is 5.69 Å². The average molecular weight is 523 g/mol. The number of amides is 3. The number of fused-ring (bicyclic) bond motifs is 1. The lowest BCUT2D eigenvalue weighted by Gasteiger charge is -2.34. The molecule has 5 rings (SSSR count). The molecule has 1 saturated carbocycles. The molecule has 3 heterocycles. The SMILES string of the molecule is CCc1ccc2c(c1)C(CCNC(=O)C1CC(O)CN1C(=O)[C@@H](n1cc(C3CC3)nn1)C(C)(C)C)C(=O)N2. The van der Waals surface area contributed by atoms with E-state index in [9.17, 15) is 19.5 Å². The molecule has 204 valence electrons. The predicted octanol–water partition coefficient (Wildman–Crippen LogP) is 2.51. The van der Waals surface area contributed by atoms with Gasteiger partial charge in [0, 0.05) is 37.3 Å². The molecule has 2 fully saturated rings. The van der Waals surface area contributed by atoms with E-state index in [-0.39, 0.29) is 43.1 Å². The van der Waals surface area contributed by atoms with Gasteiger partial charge in [-0.15, -0.1) is 5.10 Å². The number of benzene rings is 1. The van der Waals surface area contributed by atoms with Crippen LogP contribution in [0.25, 0.3) is 0 Å². The van der Waals surface area contributed by atoms with Gasteiger partial charge in [0.25, 0.3) is 0 Å². The molecule has 2 aromatic rings. The molecule has 1 aliphatic carbocycles. The third kappa shape index (κ3) is 5.18. The highest BCUT2D eigenvalue weighted by Crippen LogP contribution is 2.40. The predicted molar refractivity (Wildman–Crippen MR) is 141 cm³/mol. The zero-order chi connectivity index (χ0) is 27.2. The molecule has 1 saturated heterocycles. The van der Waals surface area contributed by atoms with Crippen LogP contribution in [-0.4, -0.2) is 68.0 Å². The molecule has 1 aromatic carbocycles. The van der Waals surface area contributed by atoms with Crippen molar-refractivity contribution in [1.29, 1.82) is 0 Å². The van der Waals surface area contributed by atoms with Gasteiger partial charge >= 0.3 is 0 Å². The maximum atomic E-state index is 13.9. The van der Waals surface area contributed by atoms with E-state index in [0.29, 0.717) is 12.3 Å². The molecule has 3 unspecified atom stereocenters. The van der Waals surface area contributed by atoms with Gasteiger partial charge in [0.05, 0.1) is 17.7 Å². The Labute approximate surface area is 223 Å². The standard InChI is InChI=1S/C28H38N6O4/c1-5-16-6-9-21-20(12-16)19(25(36)30-21)10-11-29-26(37)23-13-18(35)14-33(23)27(38)24(28(2,3)4)34-15-22(31-32-34)17-7-8-17/h6,9,12,15,17-19,23-24,35H,5,7-8,10-11,13-14H2,1-4H3,(H,29,37)(H,30,36)/t18?,19?,23?,24-/m1/s1. The average Bonchev–Trinajstić information content (AvgIpc) is 3.34. The summed E-state index contributed by atoms with van der Waals surface area (Å²) in [7, 11) is 0. The second-order valence-electron chi connectivity index (χ2n) is 12.0. The summed E-state index contributed by atoms with van der Waals surface area (Å²) in [6.07, 6.45) is 4.74. The summed E-state index contributed by atoms with van der Waals surface area (Å²) < 4.78 is 1.62. The van der Waals surface area contributed by atoms with Crippen molar-refractivity contribution in [1.82, 2.24) is 25.2 Å². The van der Waals surface area contributed by atoms with Crippen LogP contribution < -0.4 is 10.6 Å². The van der Waals surface area contributed by atoms with Gasteiger partial charge in [0.1, 0.15) is 12.1 Å². The third-order valence-electron chi connectivity index (χ3n) is 7.91. The Morgan fingerprint density at radius 3 is 2.71 bits per heavy atom. The molecule has 38 heavy (non-hydrogen) atoms. The van der Waals surface area contributed by atoms with Crippen LogP contribution in [-0.2, 0) is 20.8 Å². The molecule has 1 aromatic heterocycles. The Morgan fingerprint density at radius 1 is 1.26 bits per heavy atom. The van der Waals surface area contributed by atoms with Gasteiger partial charge in [0.2, 0.25) is 17.7 Å². The largest absolute Gasteiger partial charge is 0.391 e. The molecule has 4 atom stereocenters. The number of carbonyl (C=O) groups excluding carboxylic acids is 3. The topological polar surface area (TPSA) is 129 Å². The van der Waals surface area contributed by atoms with Crippen molar-refractivity contribution >= 4 is 23.4 Å². The molecule has 10 nitrogen and oxygen atoms in total. The van der Waals surface area contributed by atoms with E-state index >= 15 is 0 Å². The minimum atomic E-state index is -0.787. The number of hydrogen-bond donors (Lipinski definition) is 3. The van der Waals surface area contributed by atoms with Crippen LogP contribution in [0.1, 0.15) is 88.1 Å². The van der Waals surface area contributed by atoms with Crippen LogP contribution in [0.3, 0.4) is 0 Å². The molecule has 0 bridgehead atoms. The molecule has 10 heteroatoms. The normalized spacial score (nSPS) is 23.8. The quantitative estimate of drug-likeness (QED) is 0.489. The molecule has 0 spiro atoms. The highest BCUT2D eigenvalue weighted by molar-refractivity contribution is 6.03. The number of hydrogen-bond acceptors (Lipinski definition) is 6. The molecular weight excluding hydrogens is 484 g/mol. The van der Waals surface area contributed by atoms with Crippen LogP contribution in [0.5, 0.6) is 0 Å². The molecule has 0 radical (unpaired) electrons. The number of carbonyl (C=O) groups is 3. The first-order valence-electron chi connectivity index (χ1n) is 13.7. The first-order chi connectivity index (χ1) is 18.1. The lowest BCUT2D eigenvalue weighted by atomic mass is 9.85. The van der Waals surface area contributed by atoms with Gasteiger partial charge in [-0.3, -0.25) is 14.4 Å². The Bertz CT molecular complexity index is 1230. The number of rotatable bonds is 8. The van der Waals surface area contributed by atoms with Crippen molar-refractivity contribution in [2.75, 3.05) is 18.4 Å². The lowest BCUT2D eigenvalue weighted by molar-refractivity contribution is -0.144. The Kier molecular flexibility index (Phi) is 7.02. The fourth-order valence-electron chi connectivity index (χ4n) is 5.67. The van der Waals surface area contributed by atoms with Crippen LogP contribution in [0, 0.1) is 5.41 Å². The van der Waals surface area contributed by atoms with E-state index in [1.165, 1.54) is 4.90 Å². The van der Waals surface area contributed by atoms with Gasteiger partial charge in [-0.1, -0.05) is 45.0 Å². The highest BCUT2D eigenvalue weighted by Gasteiger charge is 2.45. The second kappa shape index (κ2) is 10.1. The first kappa shape index (κ1) is 26.3. The summed E-state index contributed by atoms with van der Waals surface area (Å²) in [6, 6.07) is 4.55. The third-order valence-corrected chi connectivity index (χ3v) is 7.91. The van der Waals surface area contributed by atoms with Gasteiger partial charge < -0.3 is 20.6 Å². The Hall–Kier alpha value is -3.27. The summed E-state index contributed by atoms with van der Waals surface area (Å²) in [6.45, 7) is 8.34. The number of β-amino-alcohol motifs (C(OH)–C–C–N with tert-alkyl or cyclic N) is 1. The number of aromatic nitrogens is 3. The van der Waals surface area contributed by atoms with Gasteiger partial charge in [-0.05, 0) is 48.3 Å². The molecular formula is C28H38N6O4. The van der Waals surface area contributed by atoms with Crippen molar-refractivity contribution in [2.24, 2.45) is 5.41 Å². The van der Waals surface area contributed by atoms with E-state index in [1.807, 2.05) is 39.1 Å². The first-order valence-corrected chi connectivity index (χ1v) is 13.7. The lowest BCUT2D eigenvalue weighted by Crippen LogP contribution is -2.50. The summed E-state index contributed by atoms with van der Waals surface area (Å²) in [4.78, 5) is 41.2. The zero-order valence-corrected chi connectivity index (χ0v) is 22.6. The number of aliphatic hydroxyl groups is 1. The number of nitrogens with zero attached hydrogens (tertiary/aromatic N) is 4. The maximum absolute atomic E-state index is 13.9. The number of aryl methyl sites for hydroxylation is 1. The molecule has 3 aliphatic rings. The number of anilines is 1. The smallest absolute Gasteiger partial charge is 0.248 e. The van der Waals surface area contributed by atoms with E-state index < -0.39 is 23.6 Å². The molecule has 3 N–H and O–H groups in total. The number of aliphatic hydroxyl groups excluding tert-OH is 1. The van der Waals surface area contributed by atoms with Crippen LogP contribution >= 0.6 is 0 Å². The molecule has 3 amide bonds. The van der Waals surface area contributed by atoms with E-state index in [2.05, 4.69) is 33.9 Å². The second-order valence-corrected chi connectivity index (χ2v) is 12.0. The Balaban J connectivity index is 1.26. The van der Waals surface area contributed by atoms with Crippen molar-refractivity contribution in [2.45, 2.75) is 89.8 Å². The van der Waals surface area contributed by atoms with Gasteiger partial charge in [-0.25, -0.2) is 4.68 Å². The van der Waals surface area contributed by atoms with Crippen molar-refractivity contribution in [3.63, 3.8) is 0 Å². The van der Waals surface area contributed by atoms with Gasteiger partial charge in [-0.2, -0.15) is 0 Å². The van der Waals surface area contributed by atoms with E-state index in [1.54, 1.807) is 4.68 Å². The van der Waals surface area contributed by atoms with Crippen LogP contribution in [0.2, 0.25) is 0 Å². The monoisotopic (exact) mass is 522 g/mol.